The Kier molecular flexibility index (Phi) is 3.39. The fraction of sp³-hybridized carbons (Fsp3) is 0.333. The van der Waals surface area contributed by atoms with Crippen LogP contribution in [0, 0.1) is 6.92 Å². The number of nitrogens with zero attached hydrogens (tertiary/aromatic N) is 2. The van der Waals surface area contributed by atoms with E-state index in [4.69, 9.17) is 14.9 Å². The van der Waals surface area contributed by atoms with Crippen LogP contribution < -0.4 is 10.5 Å². The summed E-state index contributed by atoms with van der Waals surface area (Å²) in [5.74, 6) is 1.75. The Balaban J connectivity index is 2.01. The highest BCUT2D eigenvalue weighted by Gasteiger charge is 2.05. The number of nitrogens with two attached hydrogens (primary N) is 1. The normalized spacial score (nSPS) is 12.4. The number of aromatic nitrogens is 2. The van der Waals surface area contributed by atoms with Crippen molar-refractivity contribution in [1.29, 1.82) is 0 Å². The molecule has 0 amide bonds. The Bertz CT molecular complexity index is 494. The Morgan fingerprint density at radius 2 is 2.24 bits per heavy atom. The molecule has 5 nitrogen and oxygen atoms in total. The molecule has 2 rings (SSSR count). The number of ether oxygens (including phenoxy) is 1. The fourth-order valence-electron chi connectivity index (χ4n) is 1.43. The maximum atomic E-state index is 5.80. The summed E-state index contributed by atoms with van der Waals surface area (Å²) < 4.78 is 10.8. The maximum Gasteiger partial charge on any atom is 0.253 e. The van der Waals surface area contributed by atoms with Gasteiger partial charge in [0.15, 0.2) is 6.61 Å². The molecule has 0 fully saturated rings. The van der Waals surface area contributed by atoms with Gasteiger partial charge in [0.25, 0.3) is 5.89 Å². The first-order valence-electron chi connectivity index (χ1n) is 5.42. The van der Waals surface area contributed by atoms with E-state index in [0.717, 1.165) is 11.3 Å². The van der Waals surface area contributed by atoms with Crippen LogP contribution in [0.1, 0.15) is 30.3 Å². The largest absolute Gasteiger partial charge is 0.484 e. The zero-order chi connectivity index (χ0) is 12.3. The first-order chi connectivity index (χ1) is 8.15. The van der Waals surface area contributed by atoms with E-state index >= 15 is 0 Å². The zero-order valence-corrected chi connectivity index (χ0v) is 9.88. The van der Waals surface area contributed by atoms with Crippen LogP contribution in [-0.4, -0.2) is 10.2 Å². The summed E-state index contributed by atoms with van der Waals surface area (Å²) in [5, 5.41) is 7.58. The van der Waals surface area contributed by atoms with E-state index in [0.29, 0.717) is 11.8 Å². The topological polar surface area (TPSA) is 74.2 Å². The van der Waals surface area contributed by atoms with E-state index in [2.05, 4.69) is 10.2 Å². The van der Waals surface area contributed by atoms with Crippen LogP contribution in [0.15, 0.2) is 28.7 Å². The van der Waals surface area contributed by atoms with Gasteiger partial charge in [-0.05, 0) is 24.6 Å². The van der Waals surface area contributed by atoms with Crippen molar-refractivity contribution < 1.29 is 9.15 Å². The molecule has 0 bridgehead atoms. The van der Waals surface area contributed by atoms with Gasteiger partial charge >= 0.3 is 0 Å². The predicted octanol–water partition coefficient (Wildman–Crippen LogP) is 1.98. The van der Waals surface area contributed by atoms with E-state index in [-0.39, 0.29) is 12.6 Å². The molecule has 5 heteroatoms. The first kappa shape index (κ1) is 11.6. The summed E-state index contributed by atoms with van der Waals surface area (Å²) >= 11 is 0. The van der Waals surface area contributed by atoms with Crippen LogP contribution in [0.2, 0.25) is 0 Å². The van der Waals surface area contributed by atoms with Crippen LogP contribution in [-0.2, 0) is 6.61 Å². The SMILES string of the molecule is Cc1nnc(COc2cccc([C@H](C)N)c2)o1. The van der Waals surface area contributed by atoms with E-state index in [1.165, 1.54) is 0 Å². The molecule has 0 saturated heterocycles. The molecule has 0 radical (unpaired) electrons. The lowest BCUT2D eigenvalue weighted by Crippen LogP contribution is -2.05. The highest BCUT2D eigenvalue weighted by Crippen LogP contribution is 2.18. The Morgan fingerprint density at radius 1 is 1.41 bits per heavy atom. The summed E-state index contributed by atoms with van der Waals surface area (Å²) in [4.78, 5) is 0. The average Bonchev–Trinajstić information content (AvgIpc) is 2.73. The highest BCUT2D eigenvalue weighted by molar-refractivity contribution is 5.30. The van der Waals surface area contributed by atoms with Gasteiger partial charge in [-0.2, -0.15) is 0 Å². The van der Waals surface area contributed by atoms with Gasteiger partial charge in [0.2, 0.25) is 5.89 Å². The molecule has 0 unspecified atom stereocenters. The third kappa shape index (κ3) is 3.04. The van der Waals surface area contributed by atoms with Crippen molar-refractivity contribution in [3.05, 3.63) is 41.6 Å². The van der Waals surface area contributed by atoms with Crippen LogP contribution in [0.4, 0.5) is 0 Å². The maximum absolute atomic E-state index is 5.80. The first-order valence-corrected chi connectivity index (χ1v) is 5.42. The standard InChI is InChI=1S/C12H15N3O2/c1-8(13)10-4-3-5-11(6-10)16-7-12-15-14-9(2)17-12/h3-6,8H,7,13H2,1-2H3/t8-/m0/s1. The van der Waals surface area contributed by atoms with Gasteiger partial charge in [-0.15, -0.1) is 10.2 Å². The lowest BCUT2D eigenvalue weighted by atomic mass is 10.1. The third-order valence-corrected chi connectivity index (χ3v) is 2.31. The summed E-state index contributed by atoms with van der Waals surface area (Å²) in [6.45, 7) is 3.94. The summed E-state index contributed by atoms with van der Waals surface area (Å²) in [5.41, 5.74) is 6.83. The molecule has 90 valence electrons. The molecule has 0 aliphatic heterocycles. The van der Waals surface area contributed by atoms with Crippen molar-refractivity contribution in [2.75, 3.05) is 0 Å². The van der Waals surface area contributed by atoms with Gasteiger partial charge in [0.1, 0.15) is 5.75 Å². The van der Waals surface area contributed by atoms with E-state index in [1.54, 1.807) is 6.92 Å². The van der Waals surface area contributed by atoms with Gasteiger partial charge in [0.05, 0.1) is 0 Å². The number of rotatable bonds is 4. The van der Waals surface area contributed by atoms with Crippen molar-refractivity contribution >= 4 is 0 Å². The number of hydrogen-bond acceptors (Lipinski definition) is 5. The third-order valence-electron chi connectivity index (χ3n) is 2.31. The van der Waals surface area contributed by atoms with Crippen LogP contribution >= 0.6 is 0 Å². The van der Waals surface area contributed by atoms with Gasteiger partial charge in [-0.3, -0.25) is 0 Å². The molecule has 1 atom stereocenters. The molecular formula is C12H15N3O2. The predicted molar refractivity (Wildman–Crippen MR) is 62.4 cm³/mol. The molecule has 1 heterocycles. The van der Waals surface area contributed by atoms with Crippen molar-refractivity contribution in [3.8, 4) is 5.75 Å². The monoisotopic (exact) mass is 233 g/mol. The lowest BCUT2D eigenvalue weighted by molar-refractivity contribution is 0.260. The molecule has 2 aromatic rings. The molecule has 1 aromatic heterocycles. The second-order valence-corrected chi connectivity index (χ2v) is 3.86. The Hall–Kier alpha value is -1.88. The number of hydrogen-bond donors (Lipinski definition) is 1. The van der Waals surface area contributed by atoms with Crippen LogP contribution in [0.25, 0.3) is 0 Å². The number of benzene rings is 1. The summed E-state index contributed by atoms with van der Waals surface area (Å²) in [6.07, 6.45) is 0. The van der Waals surface area contributed by atoms with Crippen LogP contribution in [0.3, 0.4) is 0 Å². The second kappa shape index (κ2) is 4.97. The molecule has 1 aromatic carbocycles. The molecular weight excluding hydrogens is 218 g/mol. The van der Waals surface area contributed by atoms with Gasteiger partial charge in [0, 0.05) is 13.0 Å². The Morgan fingerprint density at radius 3 is 2.88 bits per heavy atom. The smallest absolute Gasteiger partial charge is 0.253 e. The second-order valence-electron chi connectivity index (χ2n) is 3.86. The molecule has 17 heavy (non-hydrogen) atoms. The van der Waals surface area contributed by atoms with Crippen molar-refractivity contribution in [2.24, 2.45) is 5.73 Å². The quantitative estimate of drug-likeness (QED) is 0.873. The molecule has 2 N–H and O–H groups in total. The molecule has 0 aliphatic rings. The van der Waals surface area contributed by atoms with Gasteiger partial charge < -0.3 is 14.9 Å². The molecule has 0 aliphatic carbocycles. The fourth-order valence-corrected chi connectivity index (χ4v) is 1.43. The summed E-state index contributed by atoms with van der Waals surface area (Å²) in [7, 11) is 0. The van der Waals surface area contributed by atoms with Crippen LogP contribution in [0.5, 0.6) is 5.75 Å². The Labute approximate surface area is 99.6 Å². The lowest BCUT2D eigenvalue weighted by Gasteiger charge is -2.08. The minimum Gasteiger partial charge on any atom is -0.484 e. The number of aryl methyl sites for hydroxylation is 1. The zero-order valence-electron chi connectivity index (χ0n) is 9.88. The minimum absolute atomic E-state index is 0.0100. The highest BCUT2D eigenvalue weighted by atomic mass is 16.5. The van der Waals surface area contributed by atoms with Gasteiger partial charge in [-0.25, -0.2) is 0 Å². The van der Waals surface area contributed by atoms with Gasteiger partial charge in [-0.1, -0.05) is 12.1 Å². The molecule has 0 spiro atoms. The minimum atomic E-state index is -0.0100. The van der Waals surface area contributed by atoms with Crippen molar-refractivity contribution in [3.63, 3.8) is 0 Å². The van der Waals surface area contributed by atoms with E-state index in [1.807, 2.05) is 31.2 Å². The summed E-state index contributed by atoms with van der Waals surface area (Å²) in [6, 6.07) is 7.65. The van der Waals surface area contributed by atoms with E-state index < -0.39 is 0 Å². The molecule has 0 saturated carbocycles. The van der Waals surface area contributed by atoms with Crippen molar-refractivity contribution in [1.82, 2.24) is 10.2 Å². The average molecular weight is 233 g/mol. The van der Waals surface area contributed by atoms with Crippen molar-refractivity contribution in [2.45, 2.75) is 26.5 Å². The van der Waals surface area contributed by atoms with E-state index in [9.17, 15) is 0 Å².